The Morgan fingerprint density at radius 2 is 1.75 bits per heavy atom. The maximum atomic E-state index is 11.5. The zero-order valence-electron chi connectivity index (χ0n) is 10.3. The molecule has 2 unspecified atom stereocenters. The molecule has 0 aliphatic heterocycles. The Labute approximate surface area is 98.9 Å². The van der Waals surface area contributed by atoms with E-state index in [1.54, 1.807) is 0 Å². The third kappa shape index (κ3) is 2.98. The molecule has 4 heteroatoms. The van der Waals surface area contributed by atoms with Crippen LogP contribution in [0.5, 0.6) is 0 Å². The zero-order chi connectivity index (χ0) is 11.8. The molecule has 1 N–H and O–H groups in total. The minimum absolute atomic E-state index is 0.101. The third-order valence-corrected chi connectivity index (χ3v) is 5.72. The molecule has 2 aliphatic carbocycles. The minimum Gasteiger partial charge on any atom is -0.311 e. The summed E-state index contributed by atoms with van der Waals surface area (Å²) in [5.41, 5.74) is 0. The molecule has 0 aromatic rings. The van der Waals surface area contributed by atoms with E-state index in [-0.39, 0.29) is 5.25 Å². The first-order valence-corrected chi connectivity index (χ1v) is 8.35. The highest BCUT2D eigenvalue weighted by molar-refractivity contribution is 7.91. The van der Waals surface area contributed by atoms with Crippen molar-refractivity contribution in [2.24, 2.45) is 5.92 Å². The van der Waals surface area contributed by atoms with Crippen molar-refractivity contribution in [2.75, 3.05) is 6.26 Å². The molecular weight excluding hydrogens is 222 g/mol. The van der Waals surface area contributed by atoms with Crippen LogP contribution in [0.3, 0.4) is 0 Å². The summed E-state index contributed by atoms with van der Waals surface area (Å²) < 4.78 is 23.1. The Balaban J connectivity index is 1.83. The molecular formula is C12H23NO2S. The summed E-state index contributed by atoms with van der Waals surface area (Å²) in [6.07, 6.45) is 7.79. The predicted octanol–water partition coefficient (Wildman–Crippen LogP) is 1.73. The first-order valence-electron chi connectivity index (χ1n) is 6.40. The monoisotopic (exact) mass is 245 g/mol. The van der Waals surface area contributed by atoms with Crippen LogP contribution in [0.15, 0.2) is 0 Å². The number of rotatable bonds is 3. The van der Waals surface area contributed by atoms with E-state index in [2.05, 4.69) is 12.2 Å². The van der Waals surface area contributed by atoms with Crippen molar-refractivity contribution in [3.63, 3.8) is 0 Å². The van der Waals surface area contributed by atoms with Gasteiger partial charge in [-0.05, 0) is 38.0 Å². The van der Waals surface area contributed by atoms with Gasteiger partial charge in [0.15, 0.2) is 0 Å². The molecule has 2 aliphatic rings. The van der Waals surface area contributed by atoms with Crippen LogP contribution in [0, 0.1) is 5.92 Å². The maximum Gasteiger partial charge on any atom is 0.150 e. The smallest absolute Gasteiger partial charge is 0.150 e. The van der Waals surface area contributed by atoms with E-state index in [9.17, 15) is 8.42 Å². The summed E-state index contributed by atoms with van der Waals surface area (Å²) in [6, 6.07) is 1.09. The molecule has 0 amide bonds. The largest absolute Gasteiger partial charge is 0.311 e. The summed E-state index contributed by atoms with van der Waals surface area (Å²) in [5.74, 6) is 0.854. The van der Waals surface area contributed by atoms with Gasteiger partial charge in [-0.25, -0.2) is 8.42 Å². The second kappa shape index (κ2) is 4.65. The Hall–Kier alpha value is -0.0900. The Morgan fingerprint density at radius 1 is 1.06 bits per heavy atom. The van der Waals surface area contributed by atoms with Crippen molar-refractivity contribution < 1.29 is 8.42 Å². The van der Waals surface area contributed by atoms with Crippen LogP contribution in [0.25, 0.3) is 0 Å². The lowest BCUT2D eigenvalue weighted by molar-refractivity contribution is 0.205. The molecule has 0 heterocycles. The van der Waals surface area contributed by atoms with Gasteiger partial charge in [0.2, 0.25) is 0 Å². The van der Waals surface area contributed by atoms with Crippen molar-refractivity contribution in [3.8, 4) is 0 Å². The van der Waals surface area contributed by atoms with Crippen molar-refractivity contribution in [3.05, 3.63) is 0 Å². The fourth-order valence-electron chi connectivity index (χ4n) is 3.06. The highest BCUT2D eigenvalue weighted by atomic mass is 32.2. The van der Waals surface area contributed by atoms with E-state index < -0.39 is 9.84 Å². The summed E-state index contributed by atoms with van der Waals surface area (Å²) in [7, 11) is -2.83. The highest BCUT2D eigenvalue weighted by Crippen LogP contribution is 2.30. The Bertz CT molecular complexity index is 333. The number of nitrogens with one attached hydrogen (secondary N) is 1. The number of sulfone groups is 1. The summed E-state index contributed by atoms with van der Waals surface area (Å²) in [6.45, 7) is 2.28. The molecule has 0 bridgehead atoms. The molecule has 2 fully saturated rings. The molecule has 0 aromatic carbocycles. The fraction of sp³-hybridized carbons (Fsp3) is 1.00. The second-order valence-electron chi connectivity index (χ2n) is 5.76. The van der Waals surface area contributed by atoms with Crippen LogP contribution < -0.4 is 5.32 Å². The van der Waals surface area contributed by atoms with Crippen LogP contribution >= 0.6 is 0 Å². The molecule has 2 saturated carbocycles. The van der Waals surface area contributed by atoms with E-state index >= 15 is 0 Å². The summed E-state index contributed by atoms with van der Waals surface area (Å²) in [5, 5.41) is 3.52. The van der Waals surface area contributed by atoms with Gasteiger partial charge in [-0.15, -0.1) is 0 Å². The molecule has 16 heavy (non-hydrogen) atoms. The lowest BCUT2D eigenvalue weighted by Crippen LogP contribution is -2.48. The standard InChI is InChI=1S/C12H23NO2S/c1-9-6-11(7-9)13-10-4-3-5-12(8-10)16(2,14)15/h9-13H,3-8H2,1-2H3. The van der Waals surface area contributed by atoms with Crippen LogP contribution in [0.4, 0.5) is 0 Å². The van der Waals surface area contributed by atoms with Crippen molar-refractivity contribution in [2.45, 2.75) is 62.8 Å². The van der Waals surface area contributed by atoms with Gasteiger partial charge in [-0.3, -0.25) is 0 Å². The molecule has 0 radical (unpaired) electrons. The molecule has 2 atom stereocenters. The van der Waals surface area contributed by atoms with Gasteiger partial charge in [0.25, 0.3) is 0 Å². The van der Waals surface area contributed by atoms with Gasteiger partial charge >= 0.3 is 0 Å². The van der Waals surface area contributed by atoms with Crippen LogP contribution in [0.2, 0.25) is 0 Å². The van der Waals surface area contributed by atoms with Crippen molar-refractivity contribution in [1.29, 1.82) is 0 Å². The summed E-state index contributed by atoms with van der Waals surface area (Å²) in [4.78, 5) is 0. The van der Waals surface area contributed by atoms with E-state index in [0.717, 1.165) is 31.6 Å². The first kappa shape index (κ1) is 12.4. The van der Waals surface area contributed by atoms with Crippen LogP contribution in [-0.2, 0) is 9.84 Å². The van der Waals surface area contributed by atoms with Crippen molar-refractivity contribution >= 4 is 9.84 Å². The van der Waals surface area contributed by atoms with Crippen LogP contribution in [0.1, 0.15) is 45.4 Å². The molecule has 0 aromatic heterocycles. The predicted molar refractivity (Wildman–Crippen MR) is 66.2 cm³/mol. The minimum atomic E-state index is -2.83. The average Bonchev–Trinajstić information content (AvgIpc) is 2.14. The number of hydrogen-bond acceptors (Lipinski definition) is 3. The highest BCUT2D eigenvalue weighted by Gasteiger charge is 2.32. The van der Waals surface area contributed by atoms with Gasteiger partial charge < -0.3 is 5.32 Å². The summed E-state index contributed by atoms with van der Waals surface area (Å²) >= 11 is 0. The van der Waals surface area contributed by atoms with Gasteiger partial charge in [-0.1, -0.05) is 13.3 Å². The molecule has 3 nitrogen and oxygen atoms in total. The average molecular weight is 245 g/mol. The lowest BCUT2D eigenvalue weighted by atomic mass is 9.80. The van der Waals surface area contributed by atoms with E-state index in [1.165, 1.54) is 19.1 Å². The molecule has 94 valence electrons. The lowest BCUT2D eigenvalue weighted by Gasteiger charge is -2.39. The Kier molecular flexibility index (Phi) is 3.59. The van der Waals surface area contributed by atoms with Crippen molar-refractivity contribution in [1.82, 2.24) is 5.32 Å². The quantitative estimate of drug-likeness (QED) is 0.823. The molecule has 0 saturated heterocycles. The van der Waals surface area contributed by atoms with Gasteiger partial charge in [0.05, 0.1) is 5.25 Å². The van der Waals surface area contributed by atoms with Gasteiger partial charge in [0, 0.05) is 18.3 Å². The Morgan fingerprint density at radius 3 is 2.31 bits per heavy atom. The van der Waals surface area contributed by atoms with Crippen LogP contribution in [-0.4, -0.2) is 32.0 Å². The normalized spacial score (nSPS) is 40.4. The zero-order valence-corrected chi connectivity index (χ0v) is 11.1. The second-order valence-corrected chi connectivity index (χ2v) is 8.08. The van der Waals surface area contributed by atoms with E-state index in [1.807, 2.05) is 0 Å². The maximum absolute atomic E-state index is 11.5. The van der Waals surface area contributed by atoms with E-state index in [4.69, 9.17) is 0 Å². The molecule has 0 spiro atoms. The fourth-order valence-corrected chi connectivity index (χ4v) is 4.23. The van der Waals surface area contributed by atoms with Gasteiger partial charge in [-0.2, -0.15) is 0 Å². The van der Waals surface area contributed by atoms with E-state index in [0.29, 0.717) is 12.1 Å². The van der Waals surface area contributed by atoms with Gasteiger partial charge in [0.1, 0.15) is 9.84 Å². The topological polar surface area (TPSA) is 46.2 Å². The SMILES string of the molecule is CC1CC(NC2CCCC(S(C)(=O)=O)C2)C1. The third-order valence-electron chi connectivity index (χ3n) is 4.08. The first-order chi connectivity index (χ1) is 7.45. The number of hydrogen-bond donors (Lipinski definition) is 1. The molecule has 2 rings (SSSR count).